The van der Waals surface area contributed by atoms with E-state index in [4.69, 9.17) is 19.4 Å². The summed E-state index contributed by atoms with van der Waals surface area (Å²) in [5.74, 6) is 0.803. The van der Waals surface area contributed by atoms with Gasteiger partial charge in [-0.15, -0.1) is 0 Å². The fourth-order valence-corrected chi connectivity index (χ4v) is 7.25. The molecule has 0 aliphatic carbocycles. The number of piperidine rings is 1. The number of amides is 1. The Morgan fingerprint density at radius 3 is 2.83 bits per heavy atom. The molecule has 0 bridgehead atoms. The van der Waals surface area contributed by atoms with E-state index in [0.717, 1.165) is 56.1 Å². The molecule has 1 N–H and O–H groups in total. The summed E-state index contributed by atoms with van der Waals surface area (Å²) >= 11 is 5.24. The van der Waals surface area contributed by atoms with Gasteiger partial charge in [0, 0.05) is 58.0 Å². The molecular weight excluding hydrogens is 592 g/mol. The highest BCUT2D eigenvalue weighted by Gasteiger charge is 2.49. The third kappa shape index (κ3) is 5.26. The lowest BCUT2D eigenvalue weighted by molar-refractivity contribution is 0.0385. The van der Waals surface area contributed by atoms with E-state index in [1.54, 1.807) is 18.0 Å². The summed E-state index contributed by atoms with van der Waals surface area (Å²) in [6.07, 6.45) is 9.02. The molecule has 0 saturated carbocycles. The lowest BCUT2D eigenvalue weighted by Gasteiger charge is -2.45. The van der Waals surface area contributed by atoms with Gasteiger partial charge in [0.1, 0.15) is 5.60 Å². The van der Waals surface area contributed by atoms with Gasteiger partial charge in [-0.25, -0.2) is 14.8 Å². The number of pyridine rings is 1. The smallest absolute Gasteiger partial charge is 0.407 e. The summed E-state index contributed by atoms with van der Waals surface area (Å²) in [6, 6.07) is 7.98. The van der Waals surface area contributed by atoms with E-state index in [2.05, 4.69) is 44.1 Å². The van der Waals surface area contributed by atoms with E-state index in [1.807, 2.05) is 62.0 Å². The van der Waals surface area contributed by atoms with Crippen molar-refractivity contribution in [1.82, 2.24) is 24.7 Å². The molecule has 4 aromatic rings. The van der Waals surface area contributed by atoms with Crippen LogP contribution in [0.1, 0.15) is 40.5 Å². The van der Waals surface area contributed by atoms with Gasteiger partial charge in [0.2, 0.25) is 5.95 Å². The summed E-state index contributed by atoms with van der Waals surface area (Å²) in [5, 5.41) is 4.26. The third-order valence-corrected chi connectivity index (χ3v) is 9.34. The summed E-state index contributed by atoms with van der Waals surface area (Å²) in [7, 11) is 0. The van der Waals surface area contributed by atoms with Crippen LogP contribution in [0.2, 0.25) is 0 Å². The van der Waals surface area contributed by atoms with Gasteiger partial charge in [-0.2, -0.15) is 0 Å². The SMILES string of the molecule is C[C@H]1CC2(CCN(c3ncc(Sc4ccnc5c(Br)cccc45)c4nccn34)CC2NC(=O)OC(C)(C)C)CO1. The van der Waals surface area contributed by atoms with Gasteiger partial charge in [-0.3, -0.25) is 9.38 Å². The van der Waals surface area contributed by atoms with Crippen molar-refractivity contribution in [1.29, 1.82) is 0 Å². The molecule has 210 valence electrons. The first-order valence-electron chi connectivity index (χ1n) is 13.5. The minimum atomic E-state index is -0.570. The number of anilines is 1. The zero-order valence-corrected chi connectivity index (χ0v) is 25.5. The molecule has 1 aromatic carbocycles. The number of aromatic nitrogens is 4. The Balaban J connectivity index is 1.29. The molecule has 1 spiro atoms. The molecule has 2 unspecified atom stereocenters. The molecule has 1 amide bonds. The quantitative estimate of drug-likeness (QED) is 0.291. The third-order valence-electron chi connectivity index (χ3n) is 7.62. The number of fused-ring (bicyclic) bond motifs is 2. The van der Waals surface area contributed by atoms with Crippen LogP contribution >= 0.6 is 27.7 Å². The fraction of sp³-hybridized carbons (Fsp3) is 0.448. The molecular formula is C29H33BrN6O3S. The number of hydrogen-bond donors (Lipinski definition) is 1. The topological polar surface area (TPSA) is 93.9 Å². The highest BCUT2D eigenvalue weighted by Crippen LogP contribution is 2.43. The van der Waals surface area contributed by atoms with Crippen molar-refractivity contribution in [3.8, 4) is 0 Å². The second-order valence-corrected chi connectivity index (χ2v) is 13.6. The van der Waals surface area contributed by atoms with Crippen molar-refractivity contribution >= 4 is 56.3 Å². The number of halogens is 1. The molecule has 6 rings (SSSR count). The fourth-order valence-electron chi connectivity index (χ4n) is 5.79. The highest BCUT2D eigenvalue weighted by molar-refractivity contribution is 9.10. The first-order valence-corrected chi connectivity index (χ1v) is 15.1. The number of carbonyl (C=O) groups excluding carboxylic acids is 1. The Morgan fingerprint density at radius 2 is 2.05 bits per heavy atom. The van der Waals surface area contributed by atoms with Crippen molar-refractivity contribution in [2.24, 2.45) is 5.41 Å². The van der Waals surface area contributed by atoms with Crippen LogP contribution in [0.3, 0.4) is 0 Å². The van der Waals surface area contributed by atoms with E-state index in [9.17, 15) is 4.79 Å². The Bertz CT molecular complexity index is 1570. The number of hydrogen-bond acceptors (Lipinski definition) is 8. The predicted molar refractivity (Wildman–Crippen MR) is 159 cm³/mol. The number of rotatable bonds is 4. The second kappa shape index (κ2) is 10.5. The zero-order valence-electron chi connectivity index (χ0n) is 23.1. The van der Waals surface area contributed by atoms with Crippen LogP contribution < -0.4 is 10.2 Å². The summed E-state index contributed by atoms with van der Waals surface area (Å²) < 4.78 is 14.6. The van der Waals surface area contributed by atoms with E-state index in [-0.39, 0.29) is 17.6 Å². The highest BCUT2D eigenvalue weighted by atomic mass is 79.9. The molecule has 2 aliphatic rings. The van der Waals surface area contributed by atoms with Gasteiger partial charge < -0.3 is 19.7 Å². The van der Waals surface area contributed by atoms with Crippen LogP contribution in [0.4, 0.5) is 10.7 Å². The lowest BCUT2D eigenvalue weighted by Crippen LogP contribution is -2.60. The first kappa shape index (κ1) is 27.3. The van der Waals surface area contributed by atoms with Crippen molar-refractivity contribution in [3.63, 3.8) is 0 Å². The molecule has 2 saturated heterocycles. The van der Waals surface area contributed by atoms with Crippen LogP contribution in [-0.2, 0) is 9.47 Å². The van der Waals surface area contributed by atoms with Crippen LogP contribution in [0.15, 0.2) is 63.3 Å². The van der Waals surface area contributed by atoms with Crippen molar-refractivity contribution in [2.45, 2.75) is 68.1 Å². The Morgan fingerprint density at radius 1 is 1.20 bits per heavy atom. The van der Waals surface area contributed by atoms with Crippen molar-refractivity contribution in [3.05, 3.63) is 53.5 Å². The number of benzene rings is 1. The largest absolute Gasteiger partial charge is 0.444 e. The van der Waals surface area contributed by atoms with Crippen LogP contribution in [-0.4, -0.2) is 62.9 Å². The minimum Gasteiger partial charge on any atom is -0.444 e. The monoisotopic (exact) mass is 624 g/mol. The maximum Gasteiger partial charge on any atom is 0.407 e. The minimum absolute atomic E-state index is 0.132. The standard InChI is InChI=1S/C29H33BrN6O3S/c1-18-14-29(17-38-18)9-12-35(16-23(29)34-27(37)39-28(2,3)4)26-33-15-22(25-32-11-13-36(25)26)40-21-8-10-31-24-19(21)6-5-7-20(24)30/h5-8,10-11,13,15,18,23H,9,12,14,16-17H2,1-4H3,(H,34,37)/t18-,23?,29?/m0/s1. The van der Waals surface area contributed by atoms with Crippen LogP contribution in [0.5, 0.6) is 0 Å². The van der Waals surface area contributed by atoms with Crippen LogP contribution in [0.25, 0.3) is 16.6 Å². The average molecular weight is 626 g/mol. The summed E-state index contributed by atoms with van der Waals surface area (Å²) in [5.41, 5.74) is 1.06. The number of nitrogens with one attached hydrogen (secondary N) is 1. The summed E-state index contributed by atoms with van der Waals surface area (Å²) in [6.45, 7) is 9.77. The predicted octanol–water partition coefficient (Wildman–Crippen LogP) is 6.09. The Kier molecular flexibility index (Phi) is 7.16. The molecule has 3 aromatic heterocycles. The zero-order chi connectivity index (χ0) is 28.1. The van der Waals surface area contributed by atoms with Gasteiger partial charge in [0.15, 0.2) is 5.65 Å². The number of para-hydroxylation sites is 1. The molecule has 3 atom stereocenters. The Labute approximate surface area is 246 Å². The molecule has 5 heterocycles. The maximum absolute atomic E-state index is 12.9. The van der Waals surface area contributed by atoms with E-state index < -0.39 is 11.7 Å². The molecule has 40 heavy (non-hydrogen) atoms. The van der Waals surface area contributed by atoms with Crippen molar-refractivity contribution < 1.29 is 14.3 Å². The molecule has 2 fully saturated rings. The second-order valence-electron chi connectivity index (χ2n) is 11.7. The number of nitrogens with zero attached hydrogens (tertiary/aromatic N) is 5. The summed E-state index contributed by atoms with van der Waals surface area (Å²) in [4.78, 5) is 31.3. The molecule has 0 radical (unpaired) electrons. The number of ether oxygens (including phenoxy) is 2. The van der Waals surface area contributed by atoms with Crippen LogP contribution in [0, 0.1) is 5.41 Å². The van der Waals surface area contributed by atoms with Crippen molar-refractivity contribution in [2.75, 3.05) is 24.6 Å². The van der Waals surface area contributed by atoms with E-state index >= 15 is 0 Å². The van der Waals surface area contributed by atoms with Gasteiger partial charge in [-0.1, -0.05) is 23.9 Å². The van der Waals surface area contributed by atoms with Gasteiger partial charge in [-0.05, 0) is 68.6 Å². The van der Waals surface area contributed by atoms with Gasteiger partial charge >= 0.3 is 6.09 Å². The molecule has 2 aliphatic heterocycles. The Hall–Kier alpha value is -2.89. The van der Waals surface area contributed by atoms with E-state index in [0.29, 0.717) is 13.2 Å². The number of carbonyl (C=O) groups is 1. The average Bonchev–Trinajstić information content (AvgIpc) is 3.53. The maximum atomic E-state index is 12.9. The number of imidazole rings is 1. The normalized spacial score (nSPS) is 23.3. The lowest BCUT2D eigenvalue weighted by atomic mass is 9.73. The molecule has 11 heteroatoms. The number of alkyl carbamates (subject to hydrolysis) is 1. The van der Waals surface area contributed by atoms with E-state index in [1.165, 1.54) is 0 Å². The molecule has 9 nitrogen and oxygen atoms in total. The van der Waals surface area contributed by atoms with Gasteiger partial charge in [0.25, 0.3) is 0 Å². The van der Waals surface area contributed by atoms with Gasteiger partial charge in [0.05, 0.1) is 29.2 Å². The first-order chi connectivity index (χ1) is 19.1.